The Labute approximate surface area is 210 Å². The minimum Gasteiger partial charge on any atom is -0.462 e. The quantitative estimate of drug-likeness (QED) is 0.232. The van der Waals surface area contributed by atoms with Gasteiger partial charge in [0.25, 0.3) is 0 Å². The van der Waals surface area contributed by atoms with Crippen LogP contribution in [0.4, 0.5) is 5.69 Å². The van der Waals surface area contributed by atoms with Crippen molar-refractivity contribution >= 4 is 43.5 Å². The molecule has 1 aromatic heterocycles. The average molecular weight is 568 g/mol. The standard InChI is InChI=1S/C27H24Br2N2O2/c1-3-33-27(32)24-16-25(19-6-4-18(2)5-7-19)31(23-14-10-21(29)11-15-23)26(24)17-30-22-12-8-20(28)9-13-22/h4-16,30H,3,17H2,1-2H3. The number of anilines is 1. The Hall–Kier alpha value is -2.83. The first-order valence-electron chi connectivity index (χ1n) is 10.7. The van der Waals surface area contributed by atoms with Crippen molar-refractivity contribution in [2.45, 2.75) is 20.4 Å². The highest BCUT2D eigenvalue weighted by Crippen LogP contribution is 2.32. The Morgan fingerprint density at radius 3 is 2.12 bits per heavy atom. The molecule has 3 aromatic carbocycles. The Bertz CT molecular complexity index is 1250. The predicted molar refractivity (Wildman–Crippen MR) is 141 cm³/mol. The van der Waals surface area contributed by atoms with E-state index in [2.05, 4.69) is 72.9 Å². The number of halogens is 2. The van der Waals surface area contributed by atoms with Crippen LogP contribution in [0.2, 0.25) is 0 Å². The number of rotatable bonds is 7. The number of carbonyl (C=O) groups excluding carboxylic acids is 1. The average Bonchev–Trinajstić information content (AvgIpc) is 3.19. The van der Waals surface area contributed by atoms with E-state index in [4.69, 9.17) is 4.74 Å². The number of benzene rings is 3. The second-order valence-electron chi connectivity index (χ2n) is 7.65. The van der Waals surface area contributed by atoms with E-state index in [0.29, 0.717) is 18.7 Å². The van der Waals surface area contributed by atoms with Crippen LogP contribution in [0.25, 0.3) is 16.9 Å². The van der Waals surface area contributed by atoms with E-state index in [9.17, 15) is 4.79 Å². The number of aromatic nitrogens is 1. The fraction of sp³-hybridized carbons (Fsp3) is 0.148. The van der Waals surface area contributed by atoms with E-state index in [0.717, 1.165) is 37.3 Å². The van der Waals surface area contributed by atoms with Crippen LogP contribution in [0, 0.1) is 6.92 Å². The number of carbonyl (C=O) groups is 1. The minimum atomic E-state index is -0.325. The topological polar surface area (TPSA) is 43.3 Å². The zero-order valence-corrected chi connectivity index (χ0v) is 21.6. The Kier molecular flexibility index (Phi) is 7.36. The summed E-state index contributed by atoms with van der Waals surface area (Å²) in [6, 6.07) is 26.3. The summed E-state index contributed by atoms with van der Waals surface area (Å²) in [5.41, 5.74) is 6.49. The third-order valence-electron chi connectivity index (χ3n) is 5.33. The van der Waals surface area contributed by atoms with Gasteiger partial charge in [0, 0.05) is 20.3 Å². The van der Waals surface area contributed by atoms with Crippen molar-refractivity contribution in [3.05, 3.63) is 105 Å². The van der Waals surface area contributed by atoms with Gasteiger partial charge in [-0.2, -0.15) is 0 Å². The summed E-state index contributed by atoms with van der Waals surface area (Å²) >= 11 is 7.00. The molecule has 168 valence electrons. The molecule has 0 aliphatic rings. The fourth-order valence-corrected chi connectivity index (χ4v) is 4.21. The molecule has 0 aliphatic heterocycles. The van der Waals surface area contributed by atoms with Gasteiger partial charge in [-0.15, -0.1) is 0 Å². The van der Waals surface area contributed by atoms with Gasteiger partial charge in [0.15, 0.2) is 0 Å². The molecule has 0 saturated carbocycles. The van der Waals surface area contributed by atoms with Gasteiger partial charge in [-0.25, -0.2) is 4.79 Å². The number of esters is 1. The largest absolute Gasteiger partial charge is 0.462 e. The van der Waals surface area contributed by atoms with Crippen molar-refractivity contribution in [1.29, 1.82) is 0 Å². The van der Waals surface area contributed by atoms with Crippen molar-refractivity contribution in [2.24, 2.45) is 0 Å². The molecule has 33 heavy (non-hydrogen) atoms. The van der Waals surface area contributed by atoms with E-state index in [1.54, 1.807) is 0 Å². The number of ether oxygens (including phenoxy) is 1. The molecule has 0 fully saturated rings. The highest BCUT2D eigenvalue weighted by molar-refractivity contribution is 9.10. The SMILES string of the molecule is CCOC(=O)c1cc(-c2ccc(C)cc2)n(-c2ccc(Br)cc2)c1CNc1ccc(Br)cc1. The zero-order valence-electron chi connectivity index (χ0n) is 18.4. The van der Waals surface area contributed by atoms with Crippen LogP contribution in [-0.4, -0.2) is 17.1 Å². The van der Waals surface area contributed by atoms with Crippen LogP contribution < -0.4 is 5.32 Å². The van der Waals surface area contributed by atoms with Gasteiger partial charge in [0.1, 0.15) is 0 Å². The van der Waals surface area contributed by atoms with Crippen LogP contribution >= 0.6 is 31.9 Å². The first-order chi connectivity index (χ1) is 16.0. The molecule has 6 heteroatoms. The van der Waals surface area contributed by atoms with Crippen molar-refractivity contribution in [3.8, 4) is 16.9 Å². The lowest BCUT2D eigenvalue weighted by Gasteiger charge is -2.16. The molecule has 4 nitrogen and oxygen atoms in total. The molecule has 0 aliphatic carbocycles. The highest BCUT2D eigenvalue weighted by atomic mass is 79.9. The minimum absolute atomic E-state index is 0.321. The summed E-state index contributed by atoms with van der Waals surface area (Å²) in [6.45, 7) is 4.67. The van der Waals surface area contributed by atoms with Crippen molar-refractivity contribution in [1.82, 2.24) is 4.57 Å². The molecule has 0 unspecified atom stereocenters. The van der Waals surface area contributed by atoms with Crippen LogP contribution in [0.3, 0.4) is 0 Å². The smallest absolute Gasteiger partial charge is 0.340 e. The van der Waals surface area contributed by atoms with Gasteiger partial charge in [-0.3, -0.25) is 0 Å². The van der Waals surface area contributed by atoms with E-state index < -0.39 is 0 Å². The molecule has 0 spiro atoms. The second-order valence-corrected chi connectivity index (χ2v) is 9.48. The number of hydrogen-bond acceptors (Lipinski definition) is 3. The maximum atomic E-state index is 13.0. The van der Waals surface area contributed by atoms with Gasteiger partial charge >= 0.3 is 5.97 Å². The van der Waals surface area contributed by atoms with Gasteiger partial charge in [0.05, 0.1) is 30.1 Å². The van der Waals surface area contributed by atoms with Gasteiger partial charge in [-0.1, -0.05) is 61.7 Å². The van der Waals surface area contributed by atoms with Crippen LogP contribution in [0.5, 0.6) is 0 Å². The molecule has 0 bridgehead atoms. The lowest BCUT2D eigenvalue weighted by molar-refractivity contribution is 0.0525. The summed E-state index contributed by atoms with van der Waals surface area (Å²) in [7, 11) is 0. The third-order valence-corrected chi connectivity index (χ3v) is 6.39. The first kappa shape index (κ1) is 23.3. The number of aryl methyl sites for hydroxylation is 1. The number of hydrogen-bond donors (Lipinski definition) is 1. The van der Waals surface area contributed by atoms with E-state index >= 15 is 0 Å². The highest BCUT2D eigenvalue weighted by Gasteiger charge is 2.23. The second kappa shape index (κ2) is 10.4. The lowest BCUT2D eigenvalue weighted by atomic mass is 10.1. The maximum Gasteiger partial charge on any atom is 0.340 e. The normalized spacial score (nSPS) is 10.8. The van der Waals surface area contributed by atoms with Crippen LogP contribution in [0.15, 0.2) is 87.8 Å². The maximum absolute atomic E-state index is 13.0. The fourth-order valence-electron chi connectivity index (χ4n) is 3.69. The Morgan fingerprint density at radius 2 is 1.52 bits per heavy atom. The first-order valence-corrected chi connectivity index (χ1v) is 12.3. The van der Waals surface area contributed by atoms with E-state index in [1.165, 1.54) is 5.56 Å². The molecule has 1 heterocycles. The molecule has 0 amide bonds. The van der Waals surface area contributed by atoms with E-state index in [-0.39, 0.29) is 5.97 Å². The summed E-state index contributed by atoms with van der Waals surface area (Å²) in [5.74, 6) is -0.325. The summed E-state index contributed by atoms with van der Waals surface area (Å²) < 4.78 is 9.56. The molecule has 4 aromatic rings. The van der Waals surface area contributed by atoms with Crippen molar-refractivity contribution < 1.29 is 9.53 Å². The summed E-state index contributed by atoms with van der Waals surface area (Å²) in [5, 5.41) is 3.46. The van der Waals surface area contributed by atoms with Gasteiger partial charge < -0.3 is 14.6 Å². The van der Waals surface area contributed by atoms with Gasteiger partial charge in [-0.05, 0) is 74.0 Å². The molecule has 0 atom stereocenters. The van der Waals surface area contributed by atoms with Crippen molar-refractivity contribution in [2.75, 3.05) is 11.9 Å². The van der Waals surface area contributed by atoms with Crippen LogP contribution in [0.1, 0.15) is 28.5 Å². The van der Waals surface area contributed by atoms with Gasteiger partial charge in [0.2, 0.25) is 0 Å². The number of nitrogens with one attached hydrogen (secondary N) is 1. The molecule has 0 saturated heterocycles. The number of nitrogens with zero attached hydrogens (tertiary/aromatic N) is 1. The third kappa shape index (κ3) is 5.40. The van der Waals surface area contributed by atoms with Crippen LogP contribution in [-0.2, 0) is 11.3 Å². The zero-order chi connectivity index (χ0) is 23.4. The monoisotopic (exact) mass is 566 g/mol. The lowest BCUT2D eigenvalue weighted by Crippen LogP contribution is -2.13. The molecular formula is C27H24Br2N2O2. The molecular weight excluding hydrogens is 544 g/mol. The molecule has 4 rings (SSSR count). The molecule has 1 N–H and O–H groups in total. The Morgan fingerprint density at radius 1 is 0.909 bits per heavy atom. The van der Waals surface area contributed by atoms with Crippen molar-refractivity contribution in [3.63, 3.8) is 0 Å². The molecule has 0 radical (unpaired) electrons. The predicted octanol–water partition coefficient (Wildman–Crippen LogP) is 7.77. The Balaban J connectivity index is 1.87. The summed E-state index contributed by atoms with van der Waals surface area (Å²) in [4.78, 5) is 13.0. The summed E-state index contributed by atoms with van der Waals surface area (Å²) in [6.07, 6.45) is 0. The van der Waals surface area contributed by atoms with E-state index in [1.807, 2.05) is 61.5 Å².